The zero-order chi connectivity index (χ0) is 12.0. The normalized spacial score (nSPS) is 10.4. The van der Waals surface area contributed by atoms with Crippen LogP contribution in [0.4, 0.5) is 5.69 Å². The Morgan fingerprint density at radius 1 is 1.56 bits per heavy atom. The molecular formula is C12H14N2OS. The molecule has 0 atom stereocenters. The first-order valence-corrected chi connectivity index (χ1v) is 5.63. The number of amides is 1. The molecule has 0 aliphatic carbocycles. The maximum absolute atomic E-state index is 10.5. The second-order valence-electron chi connectivity index (χ2n) is 3.07. The number of carbonyl (C=O) groups is 1. The molecular weight excluding hydrogens is 220 g/mol. The van der Waals surface area contributed by atoms with E-state index in [1.807, 2.05) is 36.6 Å². The number of allylic oxidation sites excluding steroid dienone is 1. The number of benzene rings is 1. The van der Waals surface area contributed by atoms with Gasteiger partial charge in [-0.05, 0) is 30.0 Å². The van der Waals surface area contributed by atoms with Crippen LogP contribution in [0.3, 0.4) is 0 Å². The highest BCUT2D eigenvalue weighted by atomic mass is 32.2. The van der Waals surface area contributed by atoms with Gasteiger partial charge in [0.25, 0.3) is 0 Å². The second kappa shape index (κ2) is 6.15. The molecule has 0 heterocycles. The summed E-state index contributed by atoms with van der Waals surface area (Å²) in [5.74, 6) is 5.48. The van der Waals surface area contributed by atoms with Gasteiger partial charge in [-0.25, -0.2) is 5.84 Å². The molecule has 0 bridgehead atoms. The standard InChI is InChI=1S/C12H14N2OS/c1-3-7-16-10(2)11-5-4-6-12(8-11)14(13)9-15/h3-9H,2,13H2,1H3/b7-3-. The van der Waals surface area contributed by atoms with Crippen LogP contribution < -0.4 is 10.9 Å². The van der Waals surface area contributed by atoms with E-state index in [1.54, 1.807) is 6.07 Å². The molecule has 0 fully saturated rings. The van der Waals surface area contributed by atoms with E-state index in [0.717, 1.165) is 15.5 Å². The average molecular weight is 234 g/mol. The molecule has 0 spiro atoms. The van der Waals surface area contributed by atoms with Crippen LogP contribution >= 0.6 is 11.8 Å². The molecule has 2 N–H and O–H groups in total. The van der Waals surface area contributed by atoms with Gasteiger partial charge in [-0.1, -0.05) is 36.5 Å². The highest BCUT2D eigenvalue weighted by molar-refractivity contribution is 8.10. The molecule has 0 radical (unpaired) electrons. The van der Waals surface area contributed by atoms with Crippen molar-refractivity contribution in [1.29, 1.82) is 0 Å². The van der Waals surface area contributed by atoms with Crippen molar-refractivity contribution in [1.82, 2.24) is 0 Å². The minimum Gasteiger partial charge on any atom is -0.277 e. The van der Waals surface area contributed by atoms with Crippen LogP contribution in [0.5, 0.6) is 0 Å². The van der Waals surface area contributed by atoms with E-state index in [1.165, 1.54) is 11.8 Å². The van der Waals surface area contributed by atoms with E-state index in [9.17, 15) is 4.79 Å². The molecule has 4 heteroatoms. The second-order valence-corrected chi connectivity index (χ2v) is 4.07. The Bertz CT molecular complexity index is 415. The van der Waals surface area contributed by atoms with Crippen LogP contribution in [0.15, 0.2) is 42.3 Å². The number of hydrogen-bond acceptors (Lipinski definition) is 3. The Morgan fingerprint density at radius 3 is 2.94 bits per heavy atom. The van der Waals surface area contributed by atoms with Crippen molar-refractivity contribution in [2.75, 3.05) is 5.01 Å². The van der Waals surface area contributed by atoms with Crippen LogP contribution in [-0.4, -0.2) is 6.41 Å². The summed E-state index contributed by atoms with van der Waals surface area (Å²) in [7, 11) is 0. The number of anilines is 1. The molecule has 0 unspecified atom stereocenters. The summed E-state index contributed by atoms with van der Waals surface area (Å²) in [6.07, 6.45) is 2.52. The van der Waals surface area contributed by atoms with Crippen molar-refractivity contribution in [3.8, 4) is 0 Å². The van der Waals surface area contributed by atoms with Gasteiger partial charge in [0.15, 0.2) is 0 Å². The third kappa shape index (κ3) is 3.25. The lowest BCUT2D eigenvalue weighted by atomic mass is 10.2. The lowest BCUT2D eigenvalue weighted by molar-refractivity contribution is -0.107. The first-order chi connectivity index (χ1) is 7.69. The summed E-state index contributed by atoms with van der Waals surface area (Å²) < 4.78 is 0. The number of thioether (sulfide) groups is 1. The van der Waals surface area contributed by atoms with Gasteiger partial charge in [-0.3, -0.25) is 9.80 Å². The molecule has 3 nitrogen and oxygen atoms in total. The predicted octanol–water partition coefficient (Wildman–Crippen LogP) is 2.76. The largest absolute Gasteiger partial charge is 0.277 e. The Morgan fingerprint density at radius 2 is 2.31 bits per heavy atom. The summed E-state index contributed by atoms with van der Waals surface area (Å²) in [6.45, 7) is 5.90. The van der Waals surface area contributed by atoms with Gasteiger partial charge >= 0.3 is 0 Å². The summed E-state index contributed by atoms with van der Waals surface area (Å²) in [5.41, 5.74) is 1.60. The van der Waals surface area contributed by atoms with Gasteiger partial charge in [0.2, 0.25) is 6.41 Å². The van der Waals surface area contributed by atoms with E-state index < -0.39 is 0 Å². The molecule has 1 aromatic carbocycles. The fourth-order valence-corrected chi connectivity index (χ4v) is 1.68. The van der Waals surface area contributed by atoms with Crippen molar-refractivity contribution in [2.24, 2.45) is 5.84 Å². The van der Waals surface area contributed by atoms with Crippen LogP contribution in [0.25, 0.3) is 4.91 Å². The number of nitrogens with two attached hydrogens (primary N) is 1. The molecule has 84 valence electrons. The van der Waals surface area contributed by atoms with Crippen LogP contribution in [0, 0.1) is 0 Å². The smallest absolute Gasteiger partial charge is 0.228 e. The molecule has 0 aliphatic heterocycles. The zero-order valence-electron chi connectivity index (χ0n) is 9.09. The maximum atomic E-state index is 10.5. The van der Waals surface area contributed by atoms with Gasteiger partial charge in [0.1, 0.15) is 0 Å². The molecule has 0 aromatic heterocycles. The molecule has 1 aromatic rings. The molecule has 0 aliphatic rings. The Balaban J connectivity index is 2.89. The van der Waals surface area contributed by atoms with E-state index in [0.29, 0.717) is 12.1 Å². The third-order valence-corrected chi connectivity index (χ3v) is 2.85. The van der Waals surface area contributed by atoms with Crippen molar-refractivity contribution in [2.45, 2.75) is 6.92 Å². The zero-order valence-corrected chi connectivity index (χ0v) is 9.91. The molecule has 16 heavy (non-hydrogen) atoms. The molecule has 1 rings (SSSR count). The number of rotatable bonds is 5. The van der Waals surface area contributed by atoms with Gasteiger partial charge in [0.05, 0.1) is 5.69 Å². The van der Waals surface area contributed by atoms with E-state index >= 15 is 0 Å². The van der Waals surface area contributed by atoms with Crippen LogP contribution in [0.2, 0.25) is 0 Å². The summed E-state index contributed by atoms with van der Waals surface area (Å²) in [5, 5.41) is 2.99. The highest BCUT2D eigenvalue weighted by Crippen LogP contribution is 2.28. The minimum atomic E-state index is 0.570. The fourth-order valence-electron chi connectivity index (χ4n) is 1.12. The van der Waals surface area contributed by atoms with Crippen molar-refractivity contribution >= 4 is 28.8 Å². The third-order valence-electron chi connectivity index (χ3n) is 1.93. The van der Waals surface area contributed by atoms with Crippen LogP contribution in [0.1, 0.15) is 12.5 Å². The van der Waals surface area contributed by atoms with Gasteiger partial charge < -0.3 is 0 Å². The predicted molar refractivity (Wildman–Crippen MR) is 70.6 cm³/mol. The van der Waals surface area contributed by atoms with Crippen molar-refractivity contribution in [3.63, 3.8) is 0 Å². The van der Waals surface area contributed by atoms with Gasteiger partial charge in [0, 0.05) is 4.91 Å². The number of nitrogens with zero attached hydrogens (tertiary/aromatic N) is 1. The van der Waals surface area contributed by atoms with Gasteiger partial charge in [-0.15, -0.1) is 0 Å². The van der Waals surface area contributed by atoms with E-state index in [-0.39, 0.29) is 0 Å². The lowest BCUT2D eigenvalue weighted by Gasteiger charge is -2.11. The Hall–Kier alpha value is -1.52. The SMILES string of the molecule is C=C(S/C=C\C)c1cccc(N(N)C=O)c1. The molecule has 0 saturated heterocycles. The summed E-state index contributed by atoms with van der Waals surface area (Å²) in [4.78, 5) is 11.4. The maximum Gasteiger partial charge on any atom is 0.228 e. The number of hydrazine groups is 1. The quantitative estimate of drug-likeness (QED) is 0.369. The lowest BCUT2D eigenvalue weighted by Crippen LogP contribution is -2.28. The Kier molecular flexibility index (Phi) is 4.82. The first-order valence-electron chi connectivity index (χ1n) is 4.75. The Labute approximate surface area is 99.6 Å². The van der Waals surface area contributed by atoms with Crippen molar-refractivity contribution in [3.05, 3.63) is 47.9 Å². The number of carbonyl (C=O) groups excluding carboxylic acids is 1. The molecule has 0 saturated carbocycles. The molecule has 1 amide bonds. The topological polar surface area (TPSA) is 46.3 Å². The summed E-state index contributed by atoms with van der Waals surface area (Å²) >= 11 is 1.53. The first kappa shape index (κ1) is 12.5. The number of hydrogen-bond donors (Lipinski definition) is 1. The van der Waals surface area contributed by atoms with Crippen molar-refractivity contribution < 1.29 is 4.79 Å². The van der Waals surface area contributed by atoms with Gasteiger partial charge in [-0.2, -0.15) is 0 Å². The van der Waals surface area contributed by atoms with Crippen LogP contribution in [-0.2, 0) is 4.79 Å². The average Bonchev–Trinajstić information content (AvgIpc) is 2.35. The monoisotopic (exact) mass is 234 g/mol. The summed E-state index contributed by atoms with van der Waals surface area (Å²) in [6, 6.07) is 7.37. The highest BCUT2D eigenvalue weighted by Gasteiger charge is 2.03. The van der Waals surface area contributed by atoms with E-state index in [4.69, 9.17) is 5.84 Å². The van der Waals surface area contributed by atoms with E-state index in [2.05, 4.69) is 6.58 Å². The minimum absolute atomic E-state index is 0.570. The fraction of sp³-hybridized carbons (Fsp3) is 0.0833.